The second-order valence-corrected chi connectivity index (χ2v) is 3.54. The van der Waals surface area contributed by atoms with E-state index in [-0.39, 0.29) is 16.1 Å². The van der Waals surface area contributed by atoms with Crippen LogP contribution in [0.5, 0.6) is 0 Å². The van der Waals surface area contributed by atoms with E-state index in [2.05, 4.69) is 15.9 Å². The standard InChI is InChI=1S/C8H4BrClO3/c9-6-1-4(8(12)13)2-7(10)5(6)3-11/h1-3H,(H,12,13). The number of halogens is 2. The van der Waals surface area contributed by atoms with E-state index in [1.165, 1.54) is 12.1 Å². The van der Waals surface area contributed by atoms with Gasteiger partial charge in [0.15, 0.2) is 6.29 Å². The van der Waals surface area contributed by atoms with Crippen LogP contribution in [0.1, 0.15) is 20.7 Å². The molecule has 0 atom stereocenters. The Morgan fingerprint density at radius 2 is 2.15 bits per heavy atom. The van der Waals surface area contributed by atoms with Crippen LogP contribution in [0.3, 0.4) is 0 Å². The number of hydrogen-bond acceptors (Lipinski definition) is 2. The van der Waals surface area contributed by atoms with Crippen LogP contribution in [0.4, 0.5) is 0 Å². The molecule has 0 aliphatic heterocycles. The number of carbonyl (C=O) groups is 2. The van der Waals surface area contributed by atoms with Gasteiger partial charge in [0, 0.05) is 10.0 Å². The molecule has 1 aromatic rings. The Labute approximate surface area is 87.4 Å². The molecule has 1 aromatic carbocycles. The second-order valence-electron chi connectivity index (χ2n) is 2.28. The van der Waals surface area contributed by atoms with Gasteiger partial charge in [0.2, 0.25) is 0 Å². The smallest absolute Gasteiger partial charge is 0.335 e. The third kappa shape index (κ3) is 2.08. The number of rotatable bonds is 2. The summed E-state index contributed by atoms with van der Waals surface area (Å²) in [6.45, 7) is 0. The zero-order chi connectivity index (χ0) is 10.0. The molecule has 3 nitrogen and oxygen atoms in total. The Hall–Kier alpha value is -0.870. The molecule has 0 aliphatic carbocycles. The molecule has 0 fully saturated rings. The molecule has 68 valence electrons. The summed E-state index contributed by atoms with van der Waals surface area (Å²) in [6.07, 6.45) is 0.568. The molecule has 0 aromatic heterocycles. The maximum absolute atomic E-state index is 10.5. The first-order valence-corrected chi connectivity index (χ1v) is 4.41. The highest BCUT2D eigenvalue weighted by Gasteiger charge is 2.10. The molecule has 0 radical (unpaired) electrons. The maximum atomic E-state index is 10.5. The van der Waals surface area contributed by atoms with Gasteiger partial charge >= 0.3 is 5.97 Å². The first-order valence-electron chi connectivity index (χ1n) is 3.23. The Bertz CT molecular complexity index is 353. The molecule has 0 saturated carbocycles. The van der Waals surface area contributed by atoms with Crippen molar-refractivity contribution in [2.24, 2.45) is 0 Å². The van der Waals surface area contributed by atoms with Gasteiger partial charge in [-0.3, -0.25) is 4.79 Å². The van der Waals surface area contributed by atoms with E-state index >= 15 is 0 Å². The topological polar surface area (TPSA) is 54.4 Å². The van der Waals surface area contributed by atoms with E-state index in [1.54, 1.807) is 0 Å². The number of benzene rings is 1. The average molecular weight is 263 g/mol. The van der Waals surface area contributed by atoms with Gasteiger partial charge in [0.25, 0.3) is 0 Å². The molecule has 1 N–H and O–H groups in total. The summed E-state index contributed by atoms with van der Waals surface area (Å²) in [5.41, 5.74) is 0.300. The van der Waals surface area contributed by atoms with E-state index in [9.17, 15) is 9.59 Å². The first-order chi connectivity index (χ1) is 6.06. The molecule has 0 saturated heterocycles. The molecular formula is C8H4BrClO3. The summed E-state index contributed by atoms with van der Waals surface area (Å²) < 4.78 is 0.382. The molecular weight excluding hydrogens is 259 g/mol. The number of aldehydes is 1. The average Bonchev–Trinajstić information content (AvgIpc) is 2.03. The molecule has 1 rings (SSSR count). The van der Waals surface area contributed by atoms with E-state index in [1.807, 2.05) is 0 Å². The summed E-state index contributed by atoms with van der Waals surface area (Å²) in [5.74, 6) is -1.08. The minimum atomic E-state index is -1.08. The molecule has 0 bridgehead atoms. The summed E-state index contributed by atoms with van der Waals surface area (Å²) in [7, 11) is 0. The lowest BCUT2D eigenvalue weighted by Crippen LogP contribution is -1.98. The van der Waals surface area contributed by atoms with Gasteiger partial charge in [-0.2, -0.15) is 0 Å². The lowest BCUT2D eigenvalue weighted by atomic mass is 10.1. The highest BCUT2D eigenvalue weighted by Crippen LogP contribution is 2.25. The Balaban J connectivity index is 3.36. The molecule has 13 heavy (non-hydrogen) atoms. The zero-order valence-electron chi connectivity index (χ0n) is 6.25. The van der Waals surface area contributed by atoms with Gasteiger partial charge in [0.05, 0.1) is 10.6 Å². The summed E-state index contributed by atoms with van der Waals surface area (Å²) in [6, 6.07) is 2.57. The second kappa shape index (κ2) is 3.89. The molecule has 0 aliphatic rings. The van der Waals surface area contributed by atoms with Crippen LogP contribution in [0.25, 0.3) is 0 Å². The van der Waals surface area contributed by atoms with Crippen molar-refractivity contribution < 1.29 is 14.7 Å². The number of carboxylic acids is 1. The van der Waals surface area contributed by atoms with Crippen molar-refractivity contribution in [3.8, 4) is 0 Å². The SMILES string of the molecule is O=Cc1c(Cl)cc(C(=O)O)cc1Br. The highest BCUT2D eigenvalue weighted by atomic mass is 79.9. The zero-order valence-corrected chi connectivity index (χ0v) is 8.59. The third-order valence-corrected chi connectivity index (χ3v) is 2.41. The Kier molecular flexibility index (Phi) is 3.06. The molecule has 0 amide bonds. The normalized spacial score (nSPS) is 9.69. The van der Waals surface area contributed by atoms with Gasteiger partial charge < -0.3 is 5.11 Å². The Morgan fingerprint density at radius 1 is 1.54 bits per heavy atom. The summed E-state index contributed by atoms with van der Waals surface area (Å²) >= 11 is 8.70. The van der Waals surface area contributed by atoms with Crippen molar-refractivity contribution in [1.82, 2.24) is 0 Å². The van der Waals surface area contributed by atoms with Crippen LogP contribution in [-0.2, 0) is 0 Å². The monoisotopic (exact) mass is 262 g/mol. The van der Waals surface area contributed by atoms with Crippen molar-refractivity contribution in [2.45, 2.75) is 0 Å². The van der Waals surface area contributed by atoms with Crippen molar-refractivity contribution in [3.63, 3.8) is 0 Å². The van der Waals surface area contributed by atoms with Crippen molar-refractivity contribution in [1.29, 1.82) is 0 Å². The number of hydrogen-bond donors (Lipinski definition) is 1. The fraction of sp³-hybridized carbons (Fsp3) is 0. The number of carbonyl (C=O) groups excluding carboxylic acids is 1. The molecule has 0 spiro atoms. The van der Waals surface area contributed by atoms with Gasteiger partial charge in [-0.25, -0.2) is 4.79 Å². The van der Waals surface area contributed by atoms with Crippen molar-refractivity contribution in [3.05, 3.63) is 32.8 Å². The predicted molar refractivity (Wildman–Crippen MR) is 51.5 cm³/mol. The van der Waals surface area contributed by atoms with E-state index in [0.29, 0.717) is 10.8 Å². The molecule has 5 heteroatoms. The maximum Gasteiger partial charge on any atom is 0.335 e. The first kappa shape index (κ1) is 10.2. The van der Waals surface area contributed by atoms with Crippen LogP contribution in [0.15, 0.2) is 16.6 Å². The van der Waals surface area contributed by atoms with Gasteiger partial charge in [-0.15, -0.1) is 0 Å². The summed E-state index contributed by atoms with van der Waals surface area (Å²) in [5, 5.41) is 8.76. The van der Waals surface area contributed by atoms with Crippen molar-refractivity contribution >= 4 is 39.8 Å². The van der Waals surface area contributed by atoms with Crippen LogP contribution < -0.4 is 0 Å². The van der Waals surface area contributed by atoms with Gasteiger partial charge in [0.1, 0.15) is 0 Å². The minimum Gasteiger partial charge on any atom is -0.478 e. The van der Waals surface area contributed by atoms with Crippen molar-refractivity contribution in [2.75, 3.05) is 0 Å². The predicted octanol–water partition coefficient (Wildman–Crippen LogP) is 2.61. The van der Waals surface area contributed by atoms with Crippen LogP contribution >= 0.6 is 27.5 Å². The number of aromatic carboxylic acids is 1. The van der Waals surface area contributed by atoms with Crippen LogP contribution in [0.2, 0.25) is 5.02 Å². The van der Waals surface area contributed by atoms with E-state index < -0.39 is 5.97 Å². The third-order valence-electron chi connectivity index (χ3n) is 1.44. The van der Waals surface area contributed by atoms with Gasteiger partial charge in [-0.1, -0.05) is 11.6 Å². The van der Waals surface area contributed by atoms with Gasteiger partial charge in [-0.05, 0) is 28.1 Å². The molecule has 0 unspecified atom stereocenters. The van der Waals surface area contributed by atoms with E-state index in [0.717, 1.165) is 0 Å². The number of carboxylic acid groups (broad SMARTS) is 1. The van der Waals surface area contributed by atoms with Crippen LogP contribution in [0, 0.1) is 0 Å². The lowest BCUT2D eigenvalue weighted by molar-refractivity contribution is 0.0696. The summed E-state index contributed by atoms with van der Waals surface area (Å²) in [4.78, 5) is 21.0. The lowest BCUT2D eigenvalue weighted by Gasteiger charge is -2.01. The molecule has 0 heterocycles. The minimum absolute atomic E-state index is 0.0440. The fourth-order valence-corrected chi connectivity index (χ4v) is 1.75. The Morgan fingerprint density at radius 3 is 2.54 bits per heavy atom. The largest absolute Gasteiger partial charge is 0.478 e. The van der Waals surface area contributed by atoms with Crippen LogP contribution in [-0.4, -0.2) is 17.4 Å². The highest BCUT2D eigenvalue weighted by molar-refractivity contribution is 9.10. The fourth-order valence-electron chi connectivity index (χ4n) is 0.820. The van der Waals surface area contributed by atoms with E-state index in [4.69, 9.17) is 16.7 Å². The quantitative estimate of drug-likeness (QED) is 0.835.